The maximum atomic E-state index is 10.6. The van der Waals surface area contributed by atoms with Crippen LogP contribution in [0.4, 0.5) is 17.1 Å². The van der Waals surface area contributed by atoms with E-state index in [1.54, 1.807) is 12.1 Å². The molecule has 0 fully saturated rings. The van der Waals surface area contributed by atoms with Gasteiger partial charge in [-0.05, 0) is 50.2 Å². The van der Waals surface area contributed by atoms with Gasteiger partial charge in [0.2, 0.25) is 0 Å². The standard InChI is InChI=1S/C16H17N3O3/c1-3-22-16-10-6-14(7-11-16)18-12(2)17-13-4-8-15(9-5-13)19(20)21/h4-11H,3H2,1-2H3,(H,17,18). The van der Waals surface area contributed by atoms with Gasteiger partial charge in [-0.3, -0.25) is 10.1 Å². The van der Waals surface area contributed by atoms with E-state index in [2.05, 4.69) is 10.3 Å². The number of hydrogen-bond acceptors (Lipinski definition) is 4. The summed E-state index contributed by atoms with van der Waals surface area (Å²) < 4.78 is 5.38. The number of nitrogens with one attached hydrogen (secondary N) is 1. The first kappa shape index (κ1) is 15.5. The fourth-order valence-corrected chi connectivity index (χ4v) is 1.88. The number of nitro benzene ring substituents is 1. The van der Waals surface area contributed by atoms with Crippen LogP contribution in [0, 0.1) is 10.1 Å². The van der Waals surface area contributed by atoms with Crippen LogP contribution in [-0.2, 0) is 0 Å². The molecule has 0 bridgehead atoms. The van der Waals surface area contributed by atoms with E-state index in [1.165, 1.54) is 12.1 Å². The van der Waals surface area contributed by atoms with Gasteiger partial charge in [0.25, 0.3) is 5.69 Å². The molecule has 0 aliphatic heterocycles. The summed E-state index contributed by atoms with van der Waals surface area (Å²) in [6.45, 7) is 4.40. The van der Waals surface area contributed by atoms with Crippen molar-refractivity contribution in [2.75, 3.05) is 11.9 Å². The van der Waals surface area contributed by atoms with E-state index >= 15 is 0 Å². The minimum atomic E-state index is -0.432. The number of benzene rings is 2. The van der Waals surface area contributed by atoms with Crippen molar-refractivity contribution in [3.63, 3.8) is 0 Å². The maximum absolute atomic E-state index is 10.6. The predicted molar refractivity (Wildman–Crippen MR) is 87.1 cm³/mol. The Bertz CT molecular complexity index is 664. The zero-order chi connectivity index (χ0) is 15.9. The van der Waals surface area contributed by atoms with Gasteiger partial charge in [-0.1, -0.05) is 0 Å². The highest BCUT2D eigenvalue weighted by Gasteiger charge is 2.03. The van der Waals surface area contributed by atoms with Crippen LogP contribution in [0.1, 0.15) is 13.8 Å². The Labute approximate surface area is 128 Å². The van der Waals surface area contributed by atoms with E-state index in [1.807, 2.05) is 38.1 Å². The Morgan fingerprint density at radius 3 is 2.36 bits per heavy atom. The number of anilines is 1. The third kappa shape index (κ3) is 4.31. The molecule has 0 heterocycles. The minimum absolute atomic E-state index is 0.0519. The van der Waals surface area contributed by atoms with Crippen LogP contribution >= 0.6 is 0 Å². The molecule has 0 aliphatic carbocycles. The van der Waals surface area contributed by atoms with Crippen LogP contribution in [0.25, 0.3) is 0 Å². The molecule has 0 saturated heterocycles. The molecule has 2 aromatic carbocycles. The molecule has 0 atom stereocenters. The van der Waals surface area contributed by atoms with Crippen LogP contribution in [-0.4, -0.2) is 17.4 Å². The van der Waals surface area contributed by atoms with Gasteiger partial charge >= 0.3 is 0 Å². The van der Waals surface area contributed by atoms with Crippen molar-refractivity contribution in [1.29, 1.82) is 0 Å². The summed E-state index contributed by atoms with van der Waals surface area (Å²) in [5.74, 6) is 1.51. The smallest absolute Gasteiger partial charge is 0.269 e. The zero-order valence-electron chi connectivity index (χ0n) is 12.4. The Balaban J connectivity index is 2.04. The lowest BCUT2D eigenvalue weighted by Crippen LogP contribution is -2.06. The molecule has 0 aliphatic rings. The minimum Gasteiger partial charge on any atom is -0.494 e. The fraction of sp³-hybridized carbons (Fsp3) is 0.188. The van der Waals surface area contributed by atoms with Gasteiger partial charge in [-0.15, -0.1) is 0 Å². The van der Waals surface area contributed by atoms with Crippen LogP contribution in [0.15, 0.2) is 53.5 Å². The topological polar surface area (TPSA) is 76.8 Å². The summed E-state index contributed by atoms with van der Waals surface area (Å²) in [6.07, 6.45) is 0. The summed E-state index contributed by atoms with van der Waals surface area (Å²) in [5, 5.41) is 13.8. The van der Waals surface area contributed by atoms with Crippen molar-refractivity contribution < 1.29 is 9.66 Å². The van der Waals surface area contributed by atoms with Gasteiger partial charge in [0, 0.05) is 17.8 Å². The van der Waals surface area contributed by atoms with Gasteiger partial charge < -0.3 is 10.1 Å². The Hall–Kier alpha value is -2.89. The lowest BCUT2D eigenvalue weighted by Gasteiger charge is -2.07. The first-order valence-electron chi connectivity index (χ1n) is 6.88. The molecule has 6 nitrogen and oxygen atoms in total. The molecule has 0 unspecified atom stereocenters. The Kier molecular flexibility index (Phi) is 5.08. The predicted octanol–water partition coefficient (Wildman–Crippen LogP) is 4.16. The van der Waals surface area contributed by atoms with E-state index in [-0.39, 0.29) is 5.69 Å². The molecule has 114 valence electrons. The summed E-state index contributed by atoms with van der Waals surface area (Å²) in [4.78, 5) is 14.5. The number of aliphatic imine (C=N–C) groups is 1. The van der Waals surface area contributed by atoms with Crippen LogP contribution in [0.2, 0.25) is 0 Å². The third-order valence-electron chi connectivity index (χ3n) is 2.85. The molecule has 2 aromatic rings. The molecule has 0 saturated carbocycles. The van der Waals surface area contributed by atoms with Gasteiger partial charge in [0.1, 0.15) is 11.6 Å². The highest BCUT2D eigenvalue weighted by atomic mass is 16.6. The second-order valence-electron chi connectivity index (χ2n) is 4.55. The average molecular weight is 299 g/mol. The van der Waals surface area contributed by atoms with E-state index in [0.717, 1.165) is 11.4 Å². The molecule has 0 spiro atoms. The average Bonchev–Trinajstić information content (AvgIpc) is 2.50. The third-order valence-corrected chi connectivity index (χ3v) is 2.85. The number of amidine groups is 1. The van der Waals surface area contributed by atoms with E-state index in [4.69, 9.17) is 4.74 Å². The number of hydrogen-bond donors (Lipinski definition) is 1. The molecule has 2 rings (SSSR count). The highest BCUT2D eigenvalue weighted by Crippen LogP contribution is 2.19. The normalized spacial score (nSPS) is 11.1. The monoisotopic (exact) mass is 299 g/mol. The fourth-order valence-electron chi connectivity index (χ4n) is 1.88. The SMILES string of the molecule is CCOc1ccc(NC(C)=Nc2ccc([N+](=O)[O-])cc2)cc1. The van der Waals surface area contributed by atoms with Crippen molar-refractivity contribution in [1.82, 2.24) is 0 Å². The molecule has 6 heteroatoms. The summed E-state index contributed by atoms with van der Waals surface area (Å²) in [6, 6.07) is 13.7. The molecular formula is C16H17N3O3. The highest BCUT2D eigenvalue weighted by molar-refractivity contribution is 5.95. The van der Waals surface area contributed by atoms with Gasteiger partial charge in [-0.2, -0.15) is 0 Å². The quantitative estimate of drug-likeness (QED) is 0.389. The summed E-state index contributed by atoms with van der Waals surface area (Å²) >= 11 is 0. The van der Waals surface area contributed by atoms with E-state index in [0.29, 0.717) is 18.1 Å². The first-order valence-corrected chi connectivity index (χ1v) is 6.88. The number of rotatable bonds is 5. The number of nitro groups is 1. The van der Waals surface area contributed by atoms with Crippen molar-refractivity contribution in [3.05, 3.63) is 58.6 Å². The number of nitrogens with zero attached hydrogens (tertiary/aromatic N) is 2. The molecule has 0 radical (unpaired) electrons. The maximum Gasteiger partial charge on any atom is 0.269 e. The zero-order valence-corrected chi connectivity index (χ0v) is 12.4. The molecular weight excluding hydrogens is 282 g/mol. The second kappa shape index (κ2) is 7.21. The van der Waals surface area contributed by atoms with Crippen molar-refractivity contribution in [3.8, 4) is 5.75 Å². The summed E-state index contributed by atoms with van der Waals surface area (Å²) in [5.41, 5.74) is 1.60. The van der Waals surface area contributed by atoms with Crippen molar-refractivity contribution in [2.24, 2.45) is 4.99 Å². The van der Waals surface area contributed by atoms with Crippen LogP contribution in [0.3, 0.4) is 0 Å². The van der Waals surface area contributed by atoms with E-state index < -0.39 is 4.92 Å². The number of non-ortho nitro benzene ring substituents is 1. The Morgan fingerprint density at radius 2 is 1.82 bits per heavy atom. The lowest BCUT2D eigenvalue weighted by molar-refractivity contribution is -0.384. The van der Waals surface area contributed by atoms with Crippen molar-refractivity contribution >= 4 is 22.9 Å². The molecule has 0 amide bonds. The van der Waals surface area contributed by atoms with E-state index in [9.17, 15) is 10.1 Å². The van der Waals surface area contributed by atoms with Gasteiger partial charge in [-0.25, -0.2) is 4.99 Å². The summed E-state index contributed by atoms with van der Waals surface area (Å²) in [7, 11) is 0. The van der Waals surface area contributed by atoms with Crippen molar-refractivity contribution in [2.45, 2.75) is 13.8 Å². The molecule has 22 heavy (non-hydrogen) atoms. The first-order chi connectivity index (χ1) is 10.6. The lowest BCUT2D eigenvalue weighted by atomic mass is 10.3. The number of ether oxygens (including phenoxy) is 1. The Morgan fingerprint density at radius 1 is 1.18 bits per heavy atom. The van der Waals surface area contributed by atoms with Crippen LogP contribution in [0.5, 0.6) is 5.75 Å². The van der Waals surface area contributed by atoms with Crippen LogP contribution < -0.4 is 10.1 Å². The second-order valence-corrected chi connectivity index (χ2v) is 4.55. The van der Waals surface area contributed by atoms with Gasteiger partial charge in [0.05, 0.1) is 17.2 Å². The van der Waals surface area contributed by atoms with Gasteiger partial charge in [0.15, 0.2) is 0 Å². The molecule has 1 N–H and O–H groups in total. The molecule has 0 aromatic heterocycles. The largest absolute Gasteiger partial charge is 0.494 e.